The normalized spacial score (nSPS) is 11.8. The Morgan fingerprint density at radius 3 is 2.57 bits per heavy atom. The number of halogens is 1. The standard InChI is InChI=1S/C16H18BrNO3/c1-20-14-5-3-4-11(6-14)16(19)10-18-13-7-12(17)8-15(9-13)21-2/h3-9,16,18-19H,10H2,1-2H3. The number of hydrogen-bond donors (Lipinski definition) is 2. The molecule has 112 valence electrons. The van der Waals surface area contributed by atoms with Gasteiger partial charge in [-0.2, -0.15) is 0 Å². The summed E-state index contributed by atoms with van der Waals surface area (Å²) >= 11 is 3.43. The molecule has 5 heteroatoms. The second kappa shape index (κ2) is 7.33. The van der Waals surface area contributed by atoms with Crippen LogP contribution in [0.15, 0.2) is 46.9 Å². The van der Waals surface area contributed by atoms with Crippen LogP contribution in [-0.4, -0.2) is 25.9 Å². The van der Waals surface area contributed by atoms with Gasteiger partial charge in [-0.1, -0.05) is 28.1 Å². The number of aliphatic hydroxyl groups excluding tert-OH is 1. The molecule has 0 amide bonds. The molecule has 0 spiro atoms. The molecule has 0 radical (unpaired) electrons. The van der Waals surface area contributed by atoms with Crippen LogP contribution in [0.3, 0.4) is 0 Å². The van der Waals surface area contributed by atoms with Crippen LogP contribution in [0.25, 0.3) is 0 Å². The van der Waals surface area contributed by atoms with Gasteiger partial charge in [0.15, 0.2) is 0 Å². The summed E-state index contributed by atoms with van der Waals surface area (Å²) < 4.78 is 11.3. The summed E-state index contributed by atoms with van der Waals surface area (Å²) in [6.45, 7) is 0.396. The fourth-order valence-corrected chi connectivity index (χ4v) is 2.44. The average Bonchev–Trinajstić information content (AvgIpc) is 2.52. The minimum absolute atomic E-state index is 0.396. The predicted octanol–water partition coefficient (Wildman–Crippen LogP) is 3.61. The van der Waals surface area contributed by atoms with Crippen molar-refractivity contribution in [2.24, 2.45) is 0 Å². The van der Waals surface area contributed by atoms with Gasteiger partial charge in [-0.25, -0.2) is 0 Å². The van der Waals surface area contributed by atoms with E-state index in [1.54, 1.807) is 14.2 Å². The van der Waals surface area contributed by atoms with Crippen molar-refractivity contribution in [1.82, 2.24) is 0 Å². The van der Waals surface area contributed by atoms with Gasteiger partial charge in [-0.05, 0) is 29.8 Å². The molecule has 0 aliphatic rings. The molecule has 21 heavy (non-hydrogen) atoms. The topological polar surface area (TPSA) is 50.7 Å². The number of nitrogens with one attached hydrogen (secondary N) is 1. The van der Waals surface area contributed by atoms with Gasteiger partial charge in [0.2, 0.25) is 0 Å². The van der Waals surface area contributed by atoms with Crippen molar-refractivity contribution in [3.8, 4) is 11.5 Å². The van der Waals surface area contributed by atoms with Crippen molar-refractivity contribution in [2.45, 2.75) is 6.10 Å². The van der Waals surface area contributed by atoms with Crippen molar-refractivity contribution in [1.29, 1.82) is 0 Å². The van der Waals surface area contributed by atoms with E-state index in [1.807, 2.05) is 42.5 Å². The maximum absolute atomic E-state index is 10.2. The third-order valence-electron chi connectivity index (χ3n) is 3.09. The first-order chi connectivity index (χ1) is 10.1. The number of hydrogen-bond acceptors (Lipinski definition) is 4. The molecular formula is C16H18BrNO3. The first-order valence-corrected chi connectivity index (χ1v) is 7.32. The van der Waals surface area contributed by atoms with E-state index >= 15 is 0 Å². The third-order valence-corrected chi connectivity index (χ3v) is 3.54. The maximum atomic E-state index is 10.2. The van der Waals surface area contributed by atoms with E-state index < -0.39 is 6.10 Å². The first kappa shape index (κ1) is 15.7. The molecule has 2 aromatic rings. The Hall–Kier alpha value is -1.72. The van der Waals surface area contributed by atoms with Crippen LogP contribution < -0.4 is 14.8 Å². The Bertz CT molecular complexity index is 604. The van der Waals surface area contributed by atoms with Crippen molar-refractivity contribution in [3.05, 3.63) is 52.5 Å². The van der Waals surface area contributed by atoms with Crippen molar-refractivity contribution in [2.75, 3.05) is 26.1 Å². The van der Waals surface area contributed by atoms with E-state index in [0.29, 0.717) is 6.54 Å². The van der Waals surface area contributed by atoms with Crippen molar-refractivity contribution < 1.29 is 14.6 Å². The predicted molar refractivity (Wildman–Crippen MR) is 87.1 cm³/mol. The van der Waals surface area contributed by atoms with Crippen molar-refractivity contribution in [3.63, 3.8) is 0 Å². The van der Waals surface area contributed by atoms with E-state index in [9.17, 15) is 5.11 Å². The quantitative estimate of drug-likeness (QED) is 0.834. The largest absolute Gasteiger partial charge is 0.497 e. The second-order valence-electron chi connectivity index (χ2n) is 4.55. The zero-order chi connectivity index (χ0) is 15.2. The lowest BCUT2D eigenvalue weighted by atomic mass is 10.1. The Labute approximate surface area is 132 Å². The van der Waals surface area contributed by atoms with Crippen LogP contribution >= 0.6 is 15.9 Å². The summed E-state index contributed by atoms with van der Waals surface area (Å²) in [5.41, 5.74) is 1.69. The Kier molecular flexibility index (Phi) is 5.47. The van der Waals surface area contributed by atoms with E-state index in [-0.39, 0.29) is 0 Å². The molecule has 2 aromatic carbocycles. The summed E-state index contributed by atoms with van der Waals surface area (Å²) in [5.74, 6) is 1.48. The number of aliphatic hydroxyl groups is 1. The van der Waals surface area contributed by atoms with Gasteiger partial charge in [0.25, 0.3) is 0 Å². The zero-order valence-electron chi connectivity index (χ0n) is 12.0. The SMILES string of the molecule is COc1cc(Br)cc(NCC(O)c2cccc(OC)c2)c1. The highest BCUT2D eigenvalue weighted by atomic mass is 79.9. The lowest BCUT2D eigenvalue weighted by Crippen LogP contribution is -2.12. The first-order valence-electron chi connectivity index (χ1n) is 6.53. The Balaban J connectivity index is 2.03. The zero-order valence-corrected chi connectivity index (χ0v) is 13.6. The average molecular weight is 352 g/mol. The molecule has 0 aliphatic carbocycles. The van der Waals surface area contributed by atoms with Crippen LogP contribution in [0.2, 0.25) is 0 Å². The second-order valence-corrected chi connectivity index (χ2v) is 5.47. The van der Waals surface area contributed by atoms with Gasteiger partial charge in [0.05, 0.1) is 20.3 Å². The fourth-order valence-electron chi connectivity index (χ4n) is 1.96. The number of benzene rings is 2. The Morgan fingerprint density at radius 1 is 1.10 bits per heavy atom. The van der Waals surface area contributed by atoms with Gasteiger partial charge in [-0.3, -0.25) is 0 Å². The summed E-state index contributed by atoms with van der Waals surface area (Å²) in [6, 6.07) is 13.1. The third kappa shape index (κ3) is 4.37. The number of ether oxygens (including phenoxy) is 2. The number of anilines is 1. The van der Waals surface area contributed by atoms with Crippen LogP contribution in [0.1, 0.15) is 11.7 Å². The van der Waals surface area contributed by atoms with Crippen LogP contribution in [0.5, 0.6) is 11.5 Å². The Morgan fingerprint density at radius 2 is 1.86 bits per heavy atom. The summed E-state index contributed by atoms with van der Waals surface area (Å²) in [7, 11) is 3.23. The molecule has 1 atom stereocenters. The van der Waals surface area contributed by atoms with E-state index in [4.69, 9.17) is 9.47 Å². The maximum Gasteiger partial charge on any atom is 0.122 e. The minimum atomic E-state index is -0.620. The molecule has 0 fully saturated rings. The monoisotopic (exact) mass is 351 g/mol. The molecule has 4 nitrogen and oxygen atoms in total. The van der Waals surface area contributed by atoms with Gasteiger partial charge >= 0.3 is 0 Å². The summed E-state index contributed by atoms with van der Waals surface area (Å²) in [6.07, 6.45) is -0.620. The van der Waals surface area contributed by atoms with E-state index in [2.05, 4.69) is 21.2 Å². The summed E-state index contributed by atoms with van der Waals surface area (Å²) in [4.78, 5) is 0. The summed E-state index contributed by atoms with van der Waals surface area (Å²) in [5, 5.41) is 13.4. The molecule has 2 rings (SSSR count). The molecule has 0 aromatic heterocycles. The van der Waals surface area contributed by atoms with E-state index in [0.717, 1.165) is 27.2 Å². The molecule has 0 aliphatic heterocycles. The molecule has 0 saturated heterocycles. The molecule has 0 heterocycles. The number of rotatable bonds is 6. The minimum Gasteiger partial charge on any atom is -0.497 e. The lowest BCUT2D eigenvalue weighted by Gasteiger charge is -2.15. The molecular weight excluding hydrogens is 334 g/mol. The van der Waals surface area contributed by atoms with Gasteiger partial charge in [-0.15, -0.1) is 0 Å². The van der Waals surface area contributed by atoms with Crippen LogP contribution in [0, 0.1) is 0 Å². The smallest absolute Gasteiger partial charge is 0.122 e. The van der Waals surface area contributed by atoms with Crippen LogP contribution in [-0.2, 0) is 0 Å². The molecule has 0 bridgehead atoms. The molecule has 0 saturated carbocycles. The van der Waals surface area contributed by atoms with Gasteiger partial charge in [0.1, 0.15) is 11.5 Å². The highest BCUT2D eigenvalue weighted by Gasteiger charge is 2.09. The fraction of sp³-hybridized carbons (Fsp3) is 0.250. The van der Waals surface area contributed by atoms with Gasteiger partial charge in [0, 0.05) is 22.8 Å². The lowest BCUT2D eigenvalue weighted by molar-refractivity contribution is 0.191. The van der Waals surface area contributed by atoms with Crippen LogP contribution in [0.4, 0.5) is 5.69 Å². The highest BCUT2D eigenvalue weighted by molar-refractivity contribution is 9.10. The van der Waals surface area contributed by atoms with Crippen molar-refractivity contribution >= 4 is 21.6 Å². The highest BCUT2D eigenvalue weighted by Crippen LogP contribution is 2.25. The number of methoxy groups -OCH3 is 2. The molecule has 1 unspecified atom stereocenters. The molecule has 2 N–H and O–H groups in total. The van der Waals surface area contributed by atoms with Gasteiger partial charge < -0.3 is 19.9 Å². The van der Waals surface area contributed by atoms with E-state index in [1.165, 1.54) is 0 Å².